The molecule has 0 aromatic heterocycles. The molecule has 148 valence electrons. The fraction of sp³-hybridized carbons (Fsp3) is 0.259. The zero-order valence-electron chi connectivity index (χ0n) is 17.3. The molecule has 2 aromatic carbocycles. The lowest BCUT2D eigenvalue weighted by Crippen LogP contribution is -2.33. The minimum absolute atomic E-state index is 0.145. The minimum Gasteiger partial charge on any atom is -0.335 e. The standard InChI is InChI=1S/C27H28ClN/c1-19-14-15-23(28)17-21(3)29(24-12-8-5-9-13-24)27-18-25(20(2)16-26(19)27)22-10-6-4-7-11-22/h4-15,17-21H,16H2,1-3H3/b15-14-,23-17+/t19?,20?,21-/m0/s1. The van der Waals surface area contributed by atoms with E-state index in [1.807, 2.05) is 0 Å². The van der Waals surface area contributed by atoms with Crippen LogP contribution in [-0.2, 0) is 0 Å². The Labute approximate surface area is 179 Å². The zero-order chi connectivity index (χ0) is 20.4. The largest absolute Gasteiger partial charge is 0.335 e. The van der Waals surface area contributed by atoms with Crippen LogP contribution in [0.2, 0.25) is 0 Å². The SMILES string of the molecule is CC1/C=C\C(Cl)=C/[C@H](C)N(c2ccccc2)C2=C1CC(C)C(c1ccccc1)=C2. The van der Waals surface area contributed by atoms with E-state index >= 15 is 0 Å². The molecule has 1 aliphatic carbocycles. The van der Waals surface area contributed by atoms with Gasteiger partial charge in [-0.1, -0.05) is 80.1 Å². The van der Waals surface area contributed by atoms with E-state index < -0.39 is 0 Å². The summed E-state index contributed by atoms with van der Waals surface area (Å²) in [7, 11) is 0. The van der Waals surface area contributed by atoms with Crippen LogP contribution in [0, 0.1) is 11.8 Å². The predicted octanol–water partition coefficient (Wildman–Crippen LogP) is 7.59. The number of hydrogen-bond donors (Lipinski definition) is 0. The Bertz CT molecular complexity index is 982. The first-order valence-corrected chi connectivity index (χ1v) is 10.8. The van der Waals surface area contributed by atoms with Crippen molar-refractivity contribution in [3.05, 3.63) is 107 Å². The number of nitrogens with zero attached hydrogens (tertiary/aromatic N) is 1. The second-order valence-electron chi connectivity index (χ2n) is 8.13. The van der Waals surface area contributed by atoms with Crippen LogP contribution >= 0.6 is 11.6 Å². The maximum atomic E-state index is 6.54. The number of anilines is 1. The molecule has 4 rings (SSSR count). The van der Waals surface area contributed by atoms with Crippen LogP contribution in [0.1, 0.15) is 32.8 Å². The van der Waals surface area contributed by atoms with Gasteiger partial charge in [0.05, 0.1) is 6.04 Å². The third kappa shape index (κ3) is 4.11. The Morgan fingerprint density at radius 3 is 2.24 bits per heavy atom. The number of rotatable bonds is 2. The smallest absolute Gasteiger partial charge is 0.0511 e. The van der Waals surface area contributed by atoms with Crippen LogP contribution in [-0.4, -0.2) is 6.04 Å². The number of benzene rings is 2. The van der Waals surface area contributed by atoms with Gasteiger partial charge >= 0.3 is 0 Å². The highest BCUT2D eigenvalue weighted by Crippen LogP contribution is 2.42. The molecule has 2 aliphatic rings. The number of halogens is 1. The van der Waals surface area contributed by atoms with Gasteiger partial charge in [0.2, 0.25) is 0 Å². The molecule has 1 heterocycles. The molecule has 1 nitrogen and oxygen atoms in total. The molecule has 0 radical (unpaired) electrons. The van der Waals surface area contributed by atoms with E-state index in [9.17, 15) is 0 Å². The summed E-state index contributed by atoms with van der Waals surface area (Å²) in [5, 5.41) is 0.797. The summed E-state index contributed by atoms with van der Waals surface area (Å²) in [6.45, 7) is 6.84. The maximum Gasteiger partial charge on any atom is 0.0511 e. The molecule has 0 amide bonds. The van der Waals surface area contributed by atoms with E-state index in [4.69, 9.17) is 11.6 Å². The van der Waals surface area contributed by atoms with Gasteiger partial charge in [0.25, 0.3) is 0 Å². The average Bonchev–Trinajstić information content (AvgIpc) is 2.77. The van der Waals surface area contributed by atoms with E-state index in [0.29, 0.717) is 11.8 Å². The Balaban J connectivity index is 1.93. The van der Waals surface area contributed by atoms with E-state index in [1.165, 1.54) is 28.1 Å². The van der Waals surface area contributed by atoms with Gasteiger partial charge in [-0.2, -0.15) is 0 Å². The highest BCUT2D eigenvalue weighted by Gasteiger charge is 2.29. The summed E-state index contributed by atoms with van der Waals surface area (Å²) in [5.74, 6) is 0.809. The summed E-state index contributed by atoms with van der Waals surface area (Å²) in [4.78, 5) is 2.44. The normalized spacial score (nSPS) is 27.7. The quantitative estimate of drug-likeness (QED) is 0.501. The van der Waals surface area contributed by atoms with Crippen molar-refractivity contribution in [3.8, 4) is 0 Å². The van der Waals surface area contributed by atoms with Crippen LogP contribution in [0.4, 0.5) is 5.69 Å². The lowest BCUT2D eigenvalue weighted by atomic mass is 9.79. The lowest BCUT2D eigenvalue weighted by molar-refractivity contribution is 0.644. The maximum absolute atomic E-state index is 6.54. The number of allylic oxidation sites excluding steroid dienone is 6. The zero-order valence-corrected chi connectivity index (χ0v) is 18.1. The monoisotopic (exact) mass is 401 g/mol. The first-order chi connectivity index (χ1) is 14.0. The number of para-hydroxylation sites is 1. The van der Waals surface area contributed by atoms with E-state index in [0.717, 1.165) is 11.5 Å². The van der Waals surface area contributed by atoms with E-state index in [1.54, 1.807) is 0 Å². The van der Waals surface area contributed by atoms with Crippen molar-refractivity contribution in [2.45, 2.75) is 33.2 Å². The van der Waals surface area contributed by atoms with Gasteiger partial charge < -0.3 is 4.90 Å². The Kier molecular flexibility index (Phi) is 5.78. The second kappa shape index (κ2) is 8.47. The van der Waals surface area contributed by atoms with Crippen molar-refractivity contribution in [1.29, 1.82) is 0 Å². The van der Waals surface area contributed by atoms with Gasteiger partial charge in [0, 0.05) is 16.4 Å². The Morgan fingerprint density at radius 2 is 1.55 bits per heavy atom. The summed E-state index contributed by atoms with van der Waals surface area (Å²) in [6.07, 6.45) is 9.91. The average molecular weight is 402 g/mol. The summed E-state index contributed by atoms with van der Waals surface area (Å²) >= 11 is 6.54. The molecule has 3 atom stereocenters. The van der Waals surface area contributed by atoms with Gasteiger partial charge in [-0.25, -0.2) is 0 Å². The molecule has 0 saturated carbocycles. The van der Waals surface area contributed by atoms with Crippen molar-refractivity contribution in [3.63, 3.8) is 0 Å². The van der Waals surface area contributed by atoms with Gasteiger partial charge in [0.1, 0.15) is 0 Å². The predicted molar refractivity (Wildman–Crippen MR) is 126 cm³/mol. The third-order valence-electron chi connectivity index (χ3n) is 5.98. The fourth-order valence-electron chi connectivity index (χ4n) is 4.46. The highest BCUT2D eigenvalue weighted by atomic mass is 35.5. The van der Waals surface area contributed by atoms with Gasteiger partial charge in [-0.3, -0.25) is 0 Å². The summed E-state index contributed by atoms with van der Waals surface area (Å²) < 4.78 is 0. The molecule has 0 fully saturated rings. The van der Waals surface area contributed by atoms with E-state index in [-0.39, 0.29) is 6.04 Å². The molecule has 2 unspecified atom stereocenters. The van der Waals surface area contributed by atoms with Gasteiger partial charge in [-0.15, -0.1) is 0 Å². The van der Waals surface area contributed by atoms with Crippen LogP contribution in [0.5, 0.6) is 0 Å². The molecule has 2 heteroatoms. The molecule has 29 heavy (non-hydrogen) atoms. The molecule has 0 N–H and O–H groups in total. The fourth-order valence-corrected chi connectivity index (χ4v) is 4.72. The number of hydrogen-bond acceptors (Lipinski definition) is 1. The van der Waals surface area contributed by atoms with Crippen molar-refractivity contribution in [1.82, 2.24) is 0 Å². The molecular formula is C27H28ClN. The Hall–Kier alpha value is -2.51. The van der Waals surface area contributed by atoms with Crippen molar-refractivity contribution in [2.75, 3.05) is 4.90 Å². The Morgan fingerprint density at radius 1 is 0.897 bits per heavy atom. The van der Waals surface area contributed by atoms with Gasteiger partial charge in [0.15, 0.2) is 0 Å². The minimum atomic E-state index is 0.145. The lowest BCUT2D eigenvalue weighted by Gasteiger charge is -2.37. The topological polar surface area (TPSA) is 3.24 Å². The summed E-state index contributed by atoms with van der Waals surface area (Å²) in [5.41, 5.74) is 6.69. The second-order valence-corrected chi connectivity index (χ2v) is 8.56. The van der Waals surface area contributed by atoms with Gasteiger partial charge in [-0.05, 0) is 72.3 Å². The van der Waals surface area contributed by atoms with Crippen LogP contribution in [0.15, 0.2) is 101 Å². The van der Waals surface area contributed by atoms with E-state index in [2.05, 4.69) is 111 Å². The highest BCUT2D eigenvalue weighted by molar-refractivity contribution is 6.31. The first-order valence-electron chi connectivity index (χ1n) is 10.4. The molecule has 0 saturated heterocycles. The molecular weight excluding hydrogens is 374 g/mol. The van der Waals surface area contributed by atoms with Crippen molar-refractivity contribution in [2.24, 2.45) is 11.8 Å². The molecule has 0 spiro atoms. The van der Waals surface area contributed by atoms with Crippen molar-refractivity contribution >= 4 is 22.9 Å². The first kappa shape index (κ1) is 19.8. The molecule has 2 aromatic rings. The van der Waals surface area contributed by atoms with Crippen LogP contribution in [0.3, 0.4) is 0 Å². The molecule has 1 aliphatic heterocycles. The van der Waals surface area contributed by atoms with Crippen LogP contribution < -0.4 is 4.90 Å². The molecule has 0 bridgehead atoms. The summed E-state index contributed by atoms with van der Waals surface area (Å²) in [6, 6.07) is 21.6. The van der Waals surface area contributed by atoms with Crippen molar-refractivity contribution < 1.29 is 0 Å². The third-order valence-corrected chi connectivity index (χ3v) is 6.23. The van der Waals surface area contributed by atoms with Crippen LogP contribution in [0.25, 0.3) is 5.57 Å².